The van der Waals surface area contributed by atoms with Crippen molar-refractivity contribution in [2.24, 2.45) is 0 Å². The number of amides is 1. The first-order valence-corrected chi connectivity index (χ1v) is 5.99. The van der Waals surface area contributed by atoms with Crippen LogP contribution in [0.5, 0.6) is 0 Å². The van der Waals surface area contributed by atoms with Crippen LogP contribution in [0.1, 0.15) is 18.4 Å². The Kier molecular flexibility index (Phi) is 4.15. The summed E-state index contributed by atoms with van der Waals surface area (Å²) in [5, 5.41) is 8.80. The number of halogens is 1. The summed E-state index contributed by atoms with van der Waals surface area (Å²) in [5.41, 5.74) is 0.540. The van der Waals surface area contributed by atoms with Gasteiger partial charge in [0, 0.05) is 18.7 Å². The molecule has 0 saturated carbocycles. The van der Waals surface area contributed by atoms with Crippen LogP contribution in [0.25, 0.3) is 0 Å². The molecule has 1 aliphatic rings. The van der Waals surface area contributed by atoms with Gasteiger partial charge in [0.2, 0.25) is 0 Å². The maximum atomic E-state index is 13.3. The normalized spacial score (nSPS) is 16.8. The van der Waals surface area contributed by atoms with Gasteiger partial charge in [-0.25, -0.2) is 9.18 Å². The highest BCUT2D eigenvalue weighted by molar-refractivity contribution is 5.64. The molecule has 0 atom stereocenters. The Hall–Kier alpha value is -1.62. The summed E-state index contributed by atoms with van der Waals surface area (Å²) in [6.45, 7) is 1.21. The lowest BCUT2D eigenvalue weighted by molar-refractivity contribution is -0.000627. The minimum Gasteiger partial charge on any atom is -0.465 e. The Morgan fingerprint density at radius 3 is 2.67 bits per heavy atom. The smallest absolute Gasteiger partial charge is 0.407 e. The summed E-state index contributed by atoms with van der Waals surface area (Å²) in [7, 11) is 0. The van der Waals surface area contributed by atoms with Gasteiger partial charge in [-0.2, -0.15) is 0 Å². The largest absolute Gasteiger partial charge is 0.465 e. The predicted molar refractivity (Wildman–Crippen MR) is 63.8 cm³/mol. The van der Waals surface area contributed by atoms with Crippen LogP contribution in [0.15, 0.2) is 24.3 Å². The van der Waals surface area contributed by atoms with Crippen molar-refractivity contribution in [2.75, 3.05) is 13.1 Å². The Balaban J connectivity index is 1.79. The molecule has 1 N–H and O–H groups in total. The van der Waals surface area contributed by atoms with E-state index in [0.29, 0.717) is 31.5 Å². The molecule has 2 rings (SSSR count). The standard InChI is InChI=1S/C13H16FNO3/c14-12-4-2-1-3-10(12)9-18-11-5-7-15(8-6-11)13(16)17/h1-4,11H,5-9H2,(H,16,17). The molecule has 1 saturated heterocycles. The summed E-state index contributed by atoms with van der Waals surface area (Å²) < 4.78 is 19.0. The zero-order chi connectivity index (χ0) is 13.0. The van der Waals surface area contributed by atoms with E-state index in [9.17, 15) is 9.18 Å². The summed E-state index contributed by atoms with van der Waals surface area (Å²) in [5.74, 6) is -0.263. The Morgan fingerprint density at radius 1 is 1.39 bits per heavy atom. The molecule has 0 unspecified atom stereocenters. The first-order valence-electron chi connectivity index (χ1n) is 5.99. The van der Waals surface area contributed by atoms with Gasteiger partial charge in [-0.15, -0.1) is 0 Å². The molecule has 0 spiro atoms. The number of piperidine rings is 1. The number of hydrogen-bond acceptors (Lipinski definition) is 2. The van der Waals surface area contributed by atoms with Gasteiger partial charge >= 0.3 is 6.09 Å². The molecule has 5 heteroatoms. The van der Waals surface area contributed by atoms with Gasteiger partial charge in [-0.3, -0.25) is 0 Å². The number of carbonyl (C=O) groups is 1. The van der Waals surface area contributed by atoms with Gasteiger partial charge in [0.1, 0.15) is 5.82 Å². The molecule has 18 heavy (non-hydrogen) atoms. The molecule has 1 fully saturated rings. The molecule has 4 nitrogen and oxygen atoms in total. The summed E-state index contributed by atoms with van der Waals surface area (Å²) in [6, 6.07) is 6.52. The van der Waals surface area contributed by atoms with E-state index in [2.05, 4.69) is 0 Å². The first kappa shape index (κ1) is 12.8. The van der Waals surface area contributed by atoms with E-state index in [1.54, 1.807) is 18.2 Å². The van der Waals surface area contributed by atoms with Crippen molar-refractivity contribution in [1.29, 1.82) is 0 Å². The van der Waals surface area contributed by atoms with E-state index in [4.69, 9.17) is 9.84 Å². The fraction of sp³-hybridized carbons (Fsp3) is 0.462. The third-order valence-corrected chi connectivity index (χ3v) is 3.14. The molecule has 1 heterocycles. The molecule has 0 aliphatic carbocycles. The maximum absolute atomic E-state index is 13.3. The van der Waals surface area contributed by atoms with Crippen LogP contribution in [-0.2, 0) is 11.3 Å². The van der Waals surface area contributed by atoms with E-state index in [1.807, 2.05) is 0 Å². The minimum atomic E-state index is -0.887. The molecule has 1 aromatic rings. The lowest BCUT2D eigenvalue weighted by Crippen LogP contribution is -2.40. The number of likely N-dealkylation sites (tertiary alicyclic amines) is 1. The number of carboxylic acid groups (broad SMARTS) is 1. The van der Waals surface area contributed by atoms with Gasteiger partial charge in [-0.1, -0.05) is 18.2 Å². The predicted octanol–water partition coefficient (Wildman–Crippen LogP) is 2.48. The number of benzene rings is 1. The first-order chi connectivity index (χ1) is 8.66. The van der Waals surface area contributed by atoms with E-state index >= 15 is 0 Å². The van der Waals surface area contributed by atoms with E-state index < -0.39 is 6.09 Å². The van der Waals surface area contributed by atoms with E-state index in [-0.39, 0.29) is 18.5 Å². The van der Waals surface area contributed by atoms with Crippen LogP contribution in [0.2, 0.25) is 0 Å². The van der Waals surface area contributed by atoms with Crippen molar-refractivity contribution in [3.63, 3.8) is 0 Å². The maximum Gasteiger partial charge on any atom is 0.407 e. The van der Waals surface area contributed by atoms with Crippen LogP contribution < -0.4 is 0 Å². The van der Waals surface area contributed by atoms with Gasteiger partial charge in [-0.05, 0) is 18.9 Å². The molecular formula is C13H16FNO3. The van der Waals surface area contributed by atoms with E-state index in [1.165, 1.54) is 11.0 Å². The SMILES string of the molecule is O=C(O)N1CCC(OCc2ccccc2F)CC1. The molecule has 1 aromatic carbocycles. The van der Waals surface area contributed by atoms with Crippen LogP contribution in [0, 0.1) is 5.82 Å². The van der Waals surface area contributed by atoms with Gasteiger partial charge in [0.25, 0.3) is 0 Å². The third kappa shape index (κ3) is 3.20. The molecule has 0 radical (unpaired) electrons. The fourth-order valence-corrected chi connectivity index (χ4v) is 2.04. The topological polar surface area (TPSA) is 49.8 Å². The van der Waals surface area contributed by atoms with Gasteiger partial charge in [0.05, 0.1) is 12.7 Å². The number of rotatable bonds is 3. The highest BCUT2D eigenvalue weighted by Gasteiger charge is 2.22. The van der Waals surface area contributed by atoms with Crippen molar-refractivity contribution in [3.05, 3.63) is 35.6 Å². The molecule has 0 aromatic heterocycles. The number of hydrogen-bond donors (Lipinski definition) is 1. The molecule has 1 aliphatic heterocycles. The second kappa shape index (κ2) is 5.82. The van der Waals surface area contributed by atoms with Crippen LogP contribution >= 0.6 is 0 Å². The van der Waals surface area contributed by atoms with Crippen molar-refractivity contribution in [1.82, 2.24) is 4.90 Å². The van der Waals surface area contributed by atoms with Gasteiger partial charge < -0.3 is 14.7 Å². The molecular weight excluding hydrogens is 237 g/mol. The van der Waals surface area contributed by atoms with Crippen LogP contribution in [0.4, 0.5) is 9.18 Å². The Morgan fingerprint density at radius 2 is 2.06 bits per heavy atom. The molecule has 98 valence electrons. The monoisotopic (exact) mass is 253 g/mol. The zero-order valence-electron chi connectivity index (χ0n) is 10.0. The van der Waals surface area contributed by atoms with Gasteiger partial charge in [0.15, 0.2) is 0 Å². The highest BCUT2D eigenvalue weighted by Crippen LogP contribution is 2.16. The third-order valence-electron chi connectivity index (χ3n) is 3.14. The van der Waals surface area contributed by atoms with Crippen LogP contribution in [0.3, 0.4) is 0 Å². The zero-order valence-corrected chi connectivity index (χ0v) is 10.0. The number of ether oxygens (including phenoxy) is 1. The second-order valence-electron chi connectivity index (χ2n) is 4.37. The average molecular weight is 253 g/mol. The second-order valence-corrected chi connectivity index (χ2v) is 4.37. The Bertz CT molecular complexity index is 416. The lowest BCUT2D eigenvalue weighted by atomic mass is 10.1. The fourth-order valence-electron chi connectivity index (χ4n) is 2.04. The van der Waals surface area contributed by atoms with Crippen LogP contribution in [-0.4, -0.2) is 35.3 Å². The summed E-state index contributed by atoms with van der Waals surface area (Å²) in [4.78, 5) is 12.1. The quantitative estimate of drug-likeness (QED) is 0.900. The van der Waals surface area contributed by atoms with Crippen molar-refractivity contribution >= 4 is 6.09 Å². The van der Waals surface area contributed by atoms with Crippen molar-refractivity contribution in [2.45, 2.75) is 25.6 Å². The lowest BCUT2D eigenvalue weighted by Gasteiger charge is -2.29. The summed E-state index contributed by atoms with van der Waals surface area (Å²) >= 11 is 0. The Labute approximate surface area is 105 Å². The summed E-state index contributed by atoms with van der Waals surface area (Å²) in [6.07, 6.45) is 0.462. The molecule has 1 amide bonds. The average Bonchev–Trinajstić information content (AvgIpc) is 2.38. The van der Waals surface area contributed by atoms with E-state index in [0.717, 1.165) is 0 Å². The number of nitrogens with zero attached hydrogens (tertiary/aromatic N) is 1. The molecule has 0 bridgehead atoms. The van der Waals surface area contributed by atoms with Crippen molar-refractivity contribution < 1.29 is 19.0 Å². The van der Waals surface area contributed by atoms with Crippen molar-refractivity contribution in [3.8, 4) is 0 Å². The minimum absolute atomic E-state index is 0.0141. The highest BCUT2D eigenvalue weighted by atomic mass is 19.1.